The van der Waals surface area contributed by atoms with Gasteiger partial charge in [0.15, 0.2) is 5.82 Å². The lowest BCUT2D eigenvalue weighted by atomic mass is 10.1. The number of aliphatic hydroxyl groups is 1. The van der Waals surface area contributed by atoms with Crippen LogP contribution in [0.15, 0.2) is 61.1 Å². The van der Waals surface area contributed by atoms with Gasteiger partial charge in [0, 0.05) is 23.0 Å². The molecule has 1 atom stereocenters. The number of hydrogen-bond donors (Lipinski definition) is 3. The minimum atomic E-state index is -0.633. The van der Waals surface area contributed by atoms with Crippen molar-refractivity contribution in [1.82, 2.24) is 25.1 Å². The van der Waals surface area contributed by atoms with Crippen LogP contribution in [0.25, 0.3) is 5.82 Å². The number of aliphatic hydroxyl groups excluding tert-OH is 1. The van der Waals surface area contributed by atoms with E-state index in [9.17, 15) is 14.3 Å². The van der Waals surface area contributed by atoms with E-state index in [-0.39, 0.29) is 23.1 Å². The van der Waals surface area contributed by atoms with Crippen molar-refractivity contribution < 1.29 is 14.3 Å². The summed E-state index contributed by atoms with van der Waals surface area (Å²) in [7, 11) is 0. The van der Waals surface area contributed by atoms with Crippen LogP contribution in [-0.4, -0.2) is 37.4 Å². The van der Waals surface area contributed by atoms with Gasteiger partial charge < -0.3 is 15.7 Å². The molecule has 3 N–H and O–H groups in total. The molecular formula is C23H19Cl2FN6O2. The smallest absolute Gasteiger partial charge is 0.255 e. The van der Waals surface area contributed by atoms with Crippen molar-refractivity contribution in [2.24, 2.45) is 0 Å². The third-order valence-electron chi connectivity index (χ3n) is 4.92. The number of carbonyl (C=O) groups excluding carboxylic acids is 1. The second-order valence-electron chi connectivity index (χ2n) is 7.39. The van der Waals surface area contributed by atoms with Crippen LogP contribution < -0.4 is 10.6 Å². The molecule has 174 valence electrons. The van der Waals surface area contributed by atoms with Crippen LogP contribution in [0.1, 0.15) is 27.5 Å². The summed E-state index contributed by atoms with van der Waals surface area (Å²) in [5.74, 6) is -0.226. The fourth-order valence-corrected chi connectivity index (χ4v) is 3.60. The van der Waals surface area contributed by atoms with Crippen LogP contribution in [-0.2, 0) is 0 Å². The highest BCUT2D eigenvalue weighted by atomic mass is 35.5. The Labute approximate surface area is 204 Å². The van der Waals surface area contributed by atoms with E-state index < -0.39 is 17.8 Å². The SMILES string of the molecule is Cc1cnc(Nc2ccc(F)cc2Cl)nc1-n1cc(C(=O)NC(CO)c2cccc(Cl)c2)cn1. The second-order valence-corrected chi connectivity index (χ2v) is 8.23. The Balaban J connectivity index is 1.54. The van der Waals surface area contributed by atoms with Gasteiger partial charge in [-0.1, -0.05) is 35.3 Å². The monoisotopic (exact) mass is 500 g/mol. The molecule has 4 aromatic rings. The zero-order chi connectivity index (χ0) is 24.2. The van der Waals surface area contributed by atoms with E-state index in [0.717, 1.165) is 0 Å². The molecule has 0 aliphatic carbocycles. The molecule has 11 heteroatoms. The van der Waals surface area contributed by atoms with Crippen molar-refractivity contribution in [1.29, 1.82) is 0 Å². The first-order valence-corrected chi connectivity index (χ1v) is 10.9. The maximum atomic E-state index is 13.3. The van der Waals surface area contributed by atoms with Gasteiger partial charge in [0.2, 0.25) is 5.95 Å². The van der Waals surface area contributed by atoms with E-state index in [1.54, 1.807) is 37.4 Å². The Kier molecular flexibility index (Phi) is 7.06. The average molecular weight is 501 g/mol. The highest BCUT2D eigenvalue weighted by Gasteiger charge is 2.18. The predicted octanol–water partition coefficient (Wildman–Crippen LogP) is 4.62. The number of amides is 1. The summed E-state index contributed by atoms with van der Waals surface area (Å²) in [6.45, 7) is 1.50. The second kappa shape index (κ2) is 10.2. The predicted molar refractivity (Wildman–Crippen MR) is 127 cm³/mol. The van der Waals surface area contributed by atoms with Crippen LogP contribution in [0.2, 0.25) is 10.0 Å². The van der Waals surface area contributed by atoms with Gasteiger partial charge in [-0.2, -0.15) is 10.1 Å². The van der Waals surface area contributed by atoms with Crippen LogP contribution in [0.5, 0.6) is 0 Å². The summed E-state index contributed by atoms with van der Waals surface area (Å²) < 4.78 is 14.7. The van der Waals surface area contributed by atoms with Crippen molar-refractivity contribution in [3.8, 4) is 5.82 Å². The number of anilines is 2. The molecule has 4 rings (SSSR count). The first kappa shape index (κ1) is 23.6. The summed E-state index contributed by atoms with van der Waals surface area (Å²) in [6.07, 6.45) is 4.50. The van der Waals surface area contributed by atoms with Crippen molar-refractivity contribution in [2.45, 2.75) is 13.0 Å². The molecule has 2 heterocycles. The van der Waals surface area contributed by atoms with Gasteiger partial charge in [0.05, 0.1) is 35.1 Å². The number of nitrogens with zero attached hydrogens (tertiary/aromatic N) is 4. The van der Waals surface area contributed by atoms with Crippen molar-refractivity contribution in [2.75, 3.05) is 11.9 Å². The molecule has 1 unspecified atom stereocenters. The van der Waals surface area contributed by atoms with Crippen LogP contribution in [0.3, 0.4) is 0 Å². The van der Waals surface area contributed by atoms with E-state index in [1.165, 1.54) is 35.3 Å². The third kappa shape index (κ3) is 5.33. The zero-order valence-corrected chi connectivity index (χ0v) is 19.3. The molecule has 0 saturated carbocycles. The molecule has 0 saturated heterocycles. The molecule has 0 spiro atoms. The van der Waals surface area contributed by atoms with Crippen LogP contribution in [0, 0.1) is 12.7 Å². The fourth-order valence-electron chi connectivity index (χ4n) is 3.19. The fraction of sp³-hybridized carbons (Fsp3) is 0.130. The Bertz CT molecular complexity index is 1350. The van der Waals surface area contributed by atoms with Gasteiger partial charge in [0.25, 0.3) is 5.91 Å². The Hall–Kier alpha value is -3.53. The van der Waals surface area contributed by atoms with E-state index >= 15 is 0 Å². The number of aromatic nitrogens is 4. The number of hydrogen-bond acceptors (Lipinski definition) is 6. The van der Waals surface area contributed by atoms with Gasteiger partial charge in [-0.05, 0) is 42.8 Å². The standard InChI is InChI=1S/C23H19Cl2FN6O2/c1-13-9-27-23(30-19-6-5-17(26)8-18(19)25)31-21(13)32-11-15(10-28-32)22(34)29-20(12-33)14-3-2-4-16(24)7-14/h2-11,20,33H,12H2,1H3,(H,29,34)(H,27,30,31). The largest absolute Gasteiger partial charge is 0.394 e. The zero-order valence-electron chi connectivity index (χ0n) is 17.8. The number of aryl methyl sites for hydroxylation is 1. The van der Waals surface area contributed by atoms with Gasteiger partial charge in [-0.15, -0.1) is 0 Å². The number of nitrogens with one attached hydrogen (secondary N) is 2. The van der Waals surface area contributed by atoms with E-state index in [1.807, 2.05) is 0 Å². The van der Waals surface area contributed by atoms with Crippen LogP contribution >= 0.6 is 23.2 Å². The van der Waals surface area contributed by atoms with Gasteiger partial charge in [-0.3, -0.25) is 4.79 Å². The highest BCUT2D eigenvalue weighted by Crippen LogP contribution is 2.25. The lowest BCUT2D eigenvalue weighted by Crippen LogP contribution is -2.30. The molecule has 0 radical (unpaired) electrons. The number of rotatable bonds is 7. The summed E-state index contributed by atoms with van der Waals surface area (Å²) in [4.78, 5) is 21.4. The molecule has 0 aliphatic heterocycles. The maximum absolute atomic E-state index is 13.3. The highest BCUT2D eigenvalue weighted by molar-refractivity contribution is 6.33. The first-order valence-electron chi connectivity index (χ1n) is 10.1. The van der Waals surface area contributed by atoms with Crippen molar-refractivity contribution >= 4 is 40.7 Å². The molecule has 8 nitrogen and oxygen atoms in total. The van der Waals surface area contributed by atoms with Gasteiger partial charge >= 0.3 is 0 Å². The lowest BCUT2D eigenvalue weighted by molar-refractivity contribution is 0.0916. The molecular weight excluding hydrogens is 482 g/mol. The minimum absolute atomic E-state index is 0.182. The number of halogens is 3. The quantitative estimate of drug-likeness (QED) is 0.341. The Morgan fingerprint density at radius 2 is 2.03 bits per heavy atom. The van der Waals surface area contributed by atoms with Crippen LogP contribution in [0.4, 0.5) is 16.0 Å². The molecule has 0 fully saturated rings. The lowest BCUT2D eigenvalue weighted by Gasteiger charge is -2.16. The van der Waals surface area contributed by atoms with E-state index in [4.69, 9.17) is 23.2 Å². The average Bonchev–Trinajstić information content (AvgIpc) is 3.30. The van der Waals surface area contributed by atoms with Crippen molar-refractivity contribution in [3.63, 3.8) is 0 Å². The Morgan fingerprint density at radius 1 is 1.21 bits per heavy atom. The molecule has 0 aliphatic rings. The van der Waals surface area contributed by atoms with Gasteiger partial charge in [-0.25, -0.2) is 14.1 Å². The maximum Gasteiger partial charge on any atom is 0.255 e. The van der Waals surface area contributed by atoms with E-state index in [0.29, 0.717) is 27.7 Å². The minimum Gasteiger partial charge on any atom is -0.394 e. The number of benzene rings is 2. The Morgan fingerprint density at radius 3 is 2.76 bits per heavy atom. The summed E-state index contributed by atoms with van der Waals surface area (Å²) in [5, 5.41) is 20.4. The summed E-state index contributed by atoms with van der Waals surface area (Å²) >= 11 is 12.1. The summed E-state index contributed by atoms with van der Waals surface area (Å²) in [6, 6.07) is 10.2. The number of carbonyl (C=O) groups is 1. The van der Waals surface area contributed by atoms with E-state index in [2.05, 4.69) is 25.7 Å². The van der Waals surface area contributed by atoms with Crippen molar-refractivity contribution in [3.05, 3.63) is 93.6 Å². The molecule has 0 bridgehead atoms. The first-order chi connectivity index (χ1) is 16.3. The van der Waals surface area contributed by atoms with Gasteiger partial charge in [0.1, 0.15) is 5.82 Å². The molecule has 1 amide bonds. The molecule has 2 aromatic carbocycles. The third-order valence-corrected chi connectivity index (χ3v) is 5.47. The normalized spacial score (nSPS) is 11.8. The summed E-state index contributed by atoms with van der Waals surface area (Å²) in [5.41, 5.74) is 2.10. The molecule has 2 aromatic heterocycles. The topological polar surface area (TPSA) is 105 Å². The molecule has 34 heavy (non-hydrogen) atoms.